The van der Waals surface area contributed by atoms with Gasteiger partial charge >= 0.3 is 0 Å². The number of ether oxygens (including phenoxy) is 4. The Balaban J connectivity index is 0.000000167. The van der Waals surface area contributed by atoms with Crippen LogP contribution < -0.4 is 0 Å². The van der Waals surface area contributed by atoms with Gasteiger partial charge in [0.1, 0.15) is 47.3 Å². The van der Waals surface area contributed by atoms with Gasteiger partial charge < -0.3 is 29.2 Å². The molecule has 4 aliphatic heterocycles. The Morgan fingerprint density at radius 2 is 1.14 bits per heavy atom. The molecule has 0 aromatic carbocycles. The van der Waals surface area contributed by atoms with Gasteiger partial charge in [-0.15, -0.1) is 0 Å². The second-order valence-electron chi connectivity index (χ2n) is 11.4. The Labute approximate surface area is 334 Å². The summed E-state index contributed by atoms with van der Waals surface area (Å²) < 4.78 is 27.3. The fraction of sp³-hybridized carbons (Fsp3) is 0.615. The molecule has 2 unspecified atom stereocenters. The Kier molecular flexibility index (Phi) is 11.4. The molecule has 18 heteroatoms. The van der Waals surface area contributed by atoms with Crippen LogP contribution in [-0.4, -0.2) is 100 Å². The number of rotatable bonds is 4. The number of fused-ring (bicyclic) bond motifs is 6. The maximum atomic E-state index is 9.73. The Morgan fingerprint density at radius 1 is 0.727 bits per heavy atom. The van der Waals surface area contributed by atoms with Crippen LogP contribution in [-0.2, 0) is 18.9 Å². The van der Waals surface area contributed by atoms with Crippen molar-refractivity contribution in [2.24, 2.45) is 23.7 Å². The van der Waals surface area contributed by atoms with E-state index in [9.17, 15) is 10.2 Å². The van der Waals surface area contributed by atoms with Crippen molar-refractivity contribution in [1.82, 2.24) is 39.0 Å². The van der Waals surface area contributed by atoms with Crippen molar-refractivity contribution >= 4 is 45.5 Å². The first-order valence-corrected chi connectivity index (χ1v) is 14.5. The molecule has 230 valence electrons. The van der Waals surface area contributed by atoms with Crippen LogP contribution >= 0.6 is 23.2 Å². The largest absolute Gasteiger partial charge is 0.393 e. The van der Waals surface area contributed by atoms with Gasteiger partial charge in [-0.2, -0.15) is 0 Å². The van der Waals surface area contributed by atoms with Crippen molar-refractivity contribution in [3.05, 3.63) is 35.6 Å². The van der Waals surface area contributed by atoms with E-state index in [0.717, 1.165) is 0 Å². The van der Waals surface area contributed by atoms with Gasteiger partial charge in [0.15, 0.2) is 21.6 Å². The summed E-state index contributed by atoms with van der Waals surface area (Å²) in [5.41, 5.74) is 1.06. The van der Waals surface area contributed by atoms with Crippen LogP contribution in [0.1, 0.15) is 26.3 Å². The number of imidazole rings is 2. The number of hydrogen-bond acceptors (Lipinski definition) is 12. The van der Waals surface area contributed by atoms with Crippen LogP contribution in [0.5, 0.6) is 0 Å². The van der Waals surface area contributed by atoms with Crippen LogP contribution in [0.25, 0.3) is 22.3 Å². The maximum Gasteiger partial charge on any atom is 0.166 e. The van der Waals surface area contributed by atoms with Crippen LogP contribution in [0, 0.1) is 112 Å². The predicted octanol–water partition coefficient (Wildman–Crippen LogP) is 2.04. The molecule has 0 amide bonds. The summed E-state index contributed by atoms with van der Waals surface area (Å²) in [6.07, 6.45) is 5.59. The van der Waals surface area contributed by atoms with E-state index in [1.54, 1.807) is 12.7 Å². The standard InChI is InChI=1S/2C13H15ClN4O3.2Ac/c2*1-7-8-2-20-4-13(7,3-19)21-12(8)18-6-17-9-10(14)15-5-16-11(9)18;;/h2*5-8,12,19H,2-4H2,1H3;;/t7-,8?,12+,13+;7-,8?,12-,13+;;/m11../s1. The summed E-state index contributed by atoms with van der Waals surface area (Å²) in [6, 6.07) is 0. The molecule has 2 N–H and O–H groups in total. The number of aliphatic hydroxyl groups is 2. The van der Waals surface area contributed by atoms with E-state index < -0.39 is 11.2 Å². The molecule has 8 atom stereocenters. The zero-order chi connectivity index (χ0) is 29.2. The van der Waals surface area contributed by atoms with Gasteiger partial charge in [-0.05, 0) is 11.8 Å². The number of nitrogens with zero attached hydrogens (tertiary/aromatic N) is 8. The molecule has 0 saturated carbocycles. The molecule has 4 aliphatic rings. The monoisotopic (exact) mass is 1070 g/mol. The third kappa shape index (κ3) is 5.73. The van der Waals surface area contributed by atoms with E-state index in [0.29, 0.717) is 59.1 Å². The first-order chi connectivity index (χ1) is 20.3. The minimum atomic E-state index is -0.652. The van der Waals surface area contributed by atoms with Crippen LogP contribution in [0.4, 0.5) is 0 Å². The summed E-state index contributed by atoms with van der Waals surface area (Å²) in [5, 5.41) is 20.1. The average molecular weight is 1080 g/mol. The fourth-order valence-corrected chi connectivity index (χ4v) is 7.02. The molecule has 0 spiro atoms. The predicted molar refractivity (Wildman–Crippen MR) is 147 cm³/mol. The van der Waals surface area contributed by atoms with Gasteiger partial charge in [0.25, 0.3) is 0 Å². The molecule has 0 aliphatic carbocycles. The molecule has 4 aromatic heterocycles. The number of halogens is 2. The third-order valence-electron chi connectivity index (χ3n) is 9.41. The molecule has 4 fully saturated rings. The van der Waals surface area contributed by atoms with E-state index in [1.807, 2.05) is 9.13 Å². The molecule has 4 saturated heterocycles. The third-order valence-corrected chi connectivity index (χ3v) is 9.97. The number of aliphatic hydroxyl groups excluding tert-OH is 2. The van der Waals surface area contributed by atoms with Crippen molar-refractivity contribution in [3.8, 4) is 0 Å². The van der Waals surface area contributed by atoms with Crippen molar-refractivity contribution in [3.63, 3.8) is 0 Å². The zero-order valence-electron chi connectivity index (χ0n) is 24.0. The SMILES string of the molecule is C[C@@H]1C2COC[C@]1(CO)O[C@@H]2n1cnc2c(Cl)ncnc21.C[C@@H]1C2COC[C@]1(CO)O[C@H]2n1cnc2c(Cl)ncnc21.[Ac].[Ac]. The molecule has 4 bridgehead atoms. The van der Waals surface area contributed by atoms with E-state index in [2.05, 4.69) is 43.8 Å². The summed E-state index contributed by atoms with van der Waals surface area (Å²) in [7, 11) is 0. The normalized spacial score (nSPS) is 33.9. The summed E-state index contributed by atoms with van der Waals surface area (Å²) >= 11 is 12.1. The second kappa shape index (κ2) is 14.0. The Morgan fingerprint density at radius 3 is 1.50 bits per heavy atom. The van der Waals surface area contributed by atoms with Crippen molar-refractivity contribution < 1.29 is 117 Å². The van der Waals surface area contributed by atoms with Gasteiger partial charge in [-0.3, -0.25) is 9.13 Å². The summed E-state index contributed by atoms with van der Waals surface area (Å²) in [6.45, 7) is 6.03. The van der Waals surface area contributed by atoms with E-state index in [4.69, 9.17) is 42.1 Å². The molecule has 14 nitrogen and oxygen atoms in total. The number of hydrogen-bond donors (Lipinski definition) is 2. The van der Waals surface area contributed by atoms with E-state index >= 15 is 0 Å². The molecule has 8 heterocycles. The van der Waals surface area contributed by atoms with Gasteiger partial charge in [-0.25, -0.2) is 29.9 Å². The Bertz CT molecular complexity index is 1520. The molecule has 2 radical (unpaired) electrons. The van der Waals surface area contributed by atoms with Gasteiger partial charge in [-0.1, -0.05) is 37.0 Å². The topological polar surface area (TPSA) is 165 Å². The van der Waals surface area contributed by atoms with Crippen molar-refractivity contribution in [2.75, 3.05) is 39.6 Å². The molecule has 4 aromatic rings. The molecular formula is C26H30Ac2Cl2N8O6. The van der Waals surface area contributed by atoms with E-state index in [1.165, 1.54) is 12.7 Å². The van der Waals surface area contributed by atoms with Crippen molar-refractivity contribution in [2.45, 2.75) is 37.5 Å². The van der Waals surface area contributed by atoms with Crippen LogP contribution in [0.2, 0.25) is 10.3 Å². The summed E-state index contributed by atoms with van der Waals surface area (Å²) in [5.74, 6) is 0.654. The Hall–Kier alpha value is 0.323. The summed E-state index contributed by atoms with van der Waals surface area (Å²) in [4.78, 5) is 24.9. The van der Waals surface area contributed by atoms with E-state index in [-0.39, 0.29) is 137 Å². The second-order valence-corrected chi connectivity index (χ2v) is 12.1. The minimum absolute atomic E-state index is 0. The van der Waals surface area contributed by atoms with Gasteiger partial charge in [0.05, 0.1) is 52.3 Å². The average Bonchev–Trinajstić information content (AvgIpc) is 3.68. The zero-order valence-corrected chi connectivity index (χ0v) is 35.0. The maximum absolute atomic E-state index is 9.73. The minimum Gasteiger partial charge on any atom is -0.393 e. The van der Waals surface area contributed by atoms with Gasteiger partial charge in [0.2, 0.25) is 0 Å². The smallest absolute Gasteiger partial charge is 0.166 e. The number of aromatic nitrogens is 8. The first kappa shape index (κ1) is 35.6. The van der Waals surface area contributed by atoms with Gasteiger partial charge in [0, 0.05) is 100.0 Å². The van der Waals surface area contributed by atoms with Crippen molar-refractivity contribution in [1.29, 1.82) is 0 Å². The van der Waals surface area contributed by atoms with Crippen LogP contribution in [0.3, 0.4) is 0 Å². The quantitative estimate of drug-likeness (QED) is 0.287. The fourth-order valence-electron chi connectivity index (χ4n) is 6.66. The van der Waals surface area contributed by atoms with Crippen LogP contribution in [0.15, 0.2) is 25.3 Å². The molecular weight excluding hydrogens is 1050 g/mol. The molecule has 8 rings (SSSR count). The first-order valence-electron chi connectivity index (χ1n) is 13.7. The molecule has 44 heavy (non-hydrogen) atoms.